The van der Waals surface area contributed by atoms with Crippen molar-refractivity contribution < 1.29 is 8.42 Å². The van der Waals surface area contributed by atoms with Gasteiger partial charge in [0, 0.05) is 11.1 Å². The number of nitrogens with zero attached hydrogens (tertiary/aromatic N) is 1. The molecule has 2 rings (SSSR count). The first kappa shape index (κ1) is 12.8. The maximum atomic E-state index is 12.0. The van der Waals surface area contributed by atoms with Crippen molar-refractivity contribution in [3.63, 3.8) is 0 Å². The van der Waals surface area contributed by atoms with Crippen molar-refractivity contribution in [1.29, 1.82) is 0 Å². The molecule has 0 atom stereocenters. The Kier molecular flexibility index (Phi) is 3.49. The van der Waals surface area contributed by atoms with E-state index in [0.29, 0.717) is 10.6 Å². The molecule has 1 aromatic heterocycles. The van der Waals surface area contributed by atoms with Crippen molar-refractivity contribution in [2.75, 3.05) is 0 Å². The molecule has 18 heavy (non-hydrogen) atoms. The van der Waals surface area contributed by atoms with Crippen LogP contribution in [0.5, 0.6) is 0 Å². The zero-order valence-corrected chi connectivity index (χ0v) is 10.7. The number of aromatic amines is 1. The van der Waals surface area contributed by atoms with Gasteiger partial charge >= 0.3 is 0 Å². The molecule has 0 amide bonds. The van der Waals surface area contributed by atoms with E-state index in [0.717, 1.165) is 6.07 Å². The van der Waals surface area contributed by atoms with Crippen LogP contribution in [-0.2, 0) is 15.6 Å². The predicted octanol–water partition coefficient (Wildman–Crippen LogP) is 1.40. The Morgan fingerprint density at radius 1 is 1.17 bits per heavy atom. The average molecular weight is 285 g/mol. The monoisotopic (exact) mass is 284 g/mol. The number of aromatic nitrogens is 2. The molecule has 2 aromatic rings. The van der Waals surface area contributed by atoms with E-state index in [4.69, 9.17) is 11.6 Å². The van der Waals surface area contributed by atoms with E-state index < -0.39 is 15.4 Å². The van der Waals surface area contributed by atoms with Crippen LogP contribution in [0.2, 0.25) is 5.02 Å². The van der Waals surface area contributed by atoms with Gasteiger partial charge in [-0.25, -0.2) is 13.5 Å². The fourth-order valence-corrected chi connectivity index (χ4v) is 2.95. The van der Waals surface area contributed by atoms with E-state index >= 15 is 0 Å². The fraction of sp³-hybridized carbons (Fsp3) is 0.0909. The molecule has 94 valence electrons. The number of nitrogens with one attached hydrogen (secondary N) is 1. The first-order chi connectivity index (χ1) is 8.49. The topological polar surface area (TPSA) is 79.9 Å². The van der Waals surface area contributed by atoms with Gasteiger partial charge < -0.3 is 0 Å². The molecule has 0 aliphatic carbocycles. The summed E-state index contributed by atoms with van der Waals surface area (Å²) >= 11 is 5.90. The van der Waals surface area contributed by atoms with E-state index in [1.54, 1.807) is 24.3 Å². The summed E-state index contributed by atoms with van der Waals surface area (Å²) in [6.07, 6.45) is 0. The minimum absolute atomic E-state index is 0.179. The Bertz CT molecular complexity index is 705. The summed E-state index contributed by atoms with van der Waals surface area (Å²) in [6.45, 7) is 0. The zero-order chi connectivity index (χ0) is 13.2. The molecule has 0 unspecified atom stereocenters. The Morgan fingerprint density at radius 3 is 2.50 bits per heavy atom. The van der Waals surface area contributed by atoms with Crippen molar-refractivity contribution >= 4 is 21.4 Å². The number of halogens is 1. The summed E-state index contributed by atoms with van der Waals surface area (Å²) in [5.74, 6) is -0.258. The summed E-state index contributed by atoms with van der Waals surface area (Å²) < 4.78 is 24.0. The first-order valence-corrected chi connectivity index (χ1v) is 7.04. The maximum Gasteiger partial charge on any atom is 0.264 e. The van der Waals surface area contributed by atoms with Crippen molar-refractivity contribution in [2.24, 2.45) is 0 Å². The number of H-pyrrole nitrogens is 1. The van der Waals surface area contributed by atoms with Crippen LogP contribution in [-0.4, -0.2) is 18.6 Å². The van der Waals surface area contributed by atoms with Crippen LogP contribution in [0.4, 0.5) is 0 Å². The molecule has 1 heterocycles. The Balaban J connectivity index is 2.36. The lowest BCUT2D eigenvalue weighted by molar-refractivity contribution is 0.589. The fourth-order valence-electron chi connectivity index (χ4n) is 1.40. The molecule has 1 aromatic carbocycles. The lowest BCUT2D eigenvalue weighted by Crippen LogP contribution is -2.13. The van der Waals surface area contributed by atoms with Gasteiger partial charge in [-0.05, 0) is 17.7 Å². The summed E-state index contributed by atoms with van der Waals surface area (Å²) in [5.41, 5.74) is 0.0406. The van der Waals surface area contributed by atoms with Crippen molar-refractivity contribution in [3.8, 4) is 0 Å². The second kappa shape index (κ2) is 4.91. The largest absolute Gasteiger partial charge is 0.268 e. The Morgan fingerprint density at radius 2 is 1.89 bits per heavy atom. The number of hydrogen-bond acceptors (Lipinski definition) is 4. The molecule has 0 saturated heterocycles. The highest BCUT2D eigenvalue weighted by molar-refractivity contribution is 7.90. The normalized spacial score (nSPS) is 11.4. The molecule has 1 N–H and O–H groups in total. The van der Waals surface area contributed by atoms with Gasteiger partial charge in [0.15, 0.2) is 5.03 Å². The lowest BCUT2D eigenvalue weighted by Gasteiger charge is -2.04. The molecule has 0 aliphatic heterocycles. The smallest absolute Gasteiger partial charge is 0.264 e. The molecule has 0 bridgehead atoms. The molecular formula is C11H9ClN2O3S. The van der Waals surface area contributed by atoms with Gasteiger partial charge in [-0.2, -0.15) is 5.10 Å². The highest BCUT2D eigenvalue weighted by atomic mass is 35.5. The molecule has 5 nitrogen and oxygen atoms in total. The molecule has 0 spiro atoms. The summed E-state index contributed by atoms with van der Waals surface area (Å²) in [7, 11) is -3.62. The summed E-state index contributed by atoms with van der Waals surface area (Å²) in [5, 5.41) is 5.80. The highest BCUT2D eigenvalue weighted by Gasteiger charge is 2.18. The predicted molar refractivity (Wildman–Crippen MR) is 67.2 cm³/mol. The van der Waals surface area contributed by atoms with Crippen LogP contribution in [0, 0.1) is 0 Å². The van der Waals surface area contributed by atoms with Gasteiger partial charge in [-0.15, -0.1) is 0 Å². The van der Waals surface area contributed by atoms with Gasteiger partial charge in [-0.3, -0.25) is 4.79 Å². The number of sulfone groups is 1. The van der Waals surface area contributed by atoms with Crippen LogP contribution in [0.1, 0.15) is 5.56 Å². The second-order valence-electron chi connectivity index (χ2n) is 3.61. The molecule has 0 fully saturated rings. The Labute approximate surface area is 108 Å². The third-order valence-electron chi connectivity index (χ3n) is 2.28. The summed E-state index contributed by atoms with van der Waals surface area (Å²) in [6, 6.07) is 8.96. The van der Waals surface area contributed by atoms with E-state index in [1.165, 1.54) is 6.07 Å². The van der Waals surface area contributed by atoms with Gasteiger partial charge in [0.1, 0.15) is 0 Å². The molecule has 0 radical (unpaired) electrons. The SMILES string of the molecule is O=c1ccc(S(=O)(=O)Cc2ccccc2Cl)n[nH]1. The third kappa shape index (κ3) is 2.77. The van der Waals surface area contributed by atoms with E-state index in [1.807, 2.05) is 0 Å². The number of benzene rings is 1. The maximum absolute atomic E-state index is 12.0. The third-order valence-corrected chi connectivity index (χ3v) is 4.20. The van der Waals surface area contributed by atoms with E-state index in [9.17, 15) is 13.2 Å². The first-order valence-electron chi connectivity index (χ1n) is 5.01. The number of hydrogen-bond donors (Lipinski definition) is 1. The molecule has 0 aliphatic rings. The minimum atomic E-state index is -3.62. The zero-order valence-electron chi connectivity index (χ0n) is 9.13. The van der Waals surface area contributed by atoms with Crippen molar-refractivity contribution in [1.82, 2.24) is 10.2 Å². The Hall–Kier alpha value is -1.66. The van der Waals surface area contributed by atoms with Crippen LogP contribution in [0.3, 0.4) is 0 Å². The van der Waals surface area contributed by atoms with E-state index in [2.05, 4.69) is 10.2 Å². The van der Waals surface area contributed by atoms with Gasteiger partial charge in [0.05, 0.1) is 5.75 Å². The summed E-state index contributed by atoms with van der Waals surface area (Å²) in [4.78, 5) is 10.8. The standard InChI is InChI=1S/C11H9ClN2O3S/c12-9-4-2-1-3-8(9)7-18(16,17)11-6-5-10(15)13-14-11/h1-6H,7H2,(H,13,15). The molecule has 0 saturated carbocycles. The van der Waals surface area contributed by atoms with Crippen molar-refractivity contribution in [3.05, 3.63) is 57.3 Å². The lowest BCUT2D eigenvalue weighted by atomic mass is 10.2. The van der Waals surface area contributed by atoms with Crippen LogP contribution >= 0.6 is 11.6 Å². The highest BCUT2D eigenvalue weighted by Crippen LogP contribution is 2.20. The van der Waals surface area contributed by atoms with Gasteiger partial charge in [-0.1, -0.05) is 29.8 Å². The van der Waals surface area contributed by atoms with E-state index in [-0.39, 0.29) is 10.8 Å². The molecular weight excluding hydrogens is 276 g/mol. The van der Waals surface area contributed by atoms with Crippen LogP contribution in [0.25, 0.3) is 0 Å². The second-order valence-corrected chi connectivity index (χ2v) is 5.95. The van der Waals surface area contributed by atoms with Gasteiger partial charge in [0.2, 0.25) is 9.84 Å². The molecule has 7 heteroatoms. The number of rotatable bonds is 3. The quantitative estimate of drug-likeness (QED) is 0.924. The van der Waals surface area contributed by atoms with Gasteiger partial charge in [0.25, 0.3) is 5.56 Å². The van der Waals surface area contributed by atoms with Crippen molar-refractivity contribution in [2.45, 2.75) is 10.8 Å². The minimum Gasteiger partial charge on any atom is -0.268 e. The van der Waals surface area contributed by atoms with Crippen LogP contribution in [0.15, 0.2) is 46.2 Å². The average Bonchev–Trinajstić information content (AvgIpc) is 2.32. The van der Waals surface area contributed by atoms with Crippen LogP contribution < -0.4 is 5.56 Å².